The van der Waals surface area contributed by atoms with Crippen LogP contribution in [0.4, 0.5) is 5.69 Å². The van der Waals surface area contributed by atoms with Gasteiger partial charge < -0.3 is 16.0 Å². The number of benzene rings is 1. The third-order valence-electron chi connectivity index (χ3n) is 3.90. The fourth-order valence-corrected chi connectivity index (χ4v) is 2.23. The molecule has 2 amide bonds. The van der Waals surface area contributed by atoms with E-state index in [4.69, 9.17) is 5.73 Å². The molecule has 0 unspecified atom stereocenters. The predicted molar refractivity (Wildman–Crippen MR) is 90.0 cm³/mol. The number of nitrogens with one attached hydrogen (secondary N) is 1. The van der Waals surface area contributed by atoms with E-state index >= 15 is 0 Å². The summed E-state index contributed by atoms with van der Waals surface area (Å²) in [6, 6.07) is 7.74. The molecular formula is C16H24ClN3O2. The molecule has 122 valence electrons. The van der Waals surface area contributed by atoms with Gasteiger partial charge in [-0.2, -0.15) is 0 Å². The van der Waals surface area contributed by atoms with Gasteiger partial charge in [0, 0.05) is 31.7 Å². The lowest BCUT2D eigenvalue weighted by Gasteiger charge is -2.21. The fraction of sp³-hybridized carbons (Fsp3) is 0.500. The Morgan fingerprint density at radius 3 is 2.45 bits per heavy atom. The van der Waals surface area contributed by atoms with Crippen LogP contribution in [0.25, 0.3) is 0 Å². The van der Waals surface area contributed by atoms with Gasteiger partial charge in [-0.15, -0.1) is 12.4 Å². The molecule has 1 saturated heterocycles. The van der Waals surface area contributed by atoms with Crippen molar-refractivity contribution in [3.05, 3.63) is 29.8 Å². The van der Waals surface area contributed by atoms with Gasteiger partial charge in [-0.3, -0.25) is 9.59 Å². The smallest absolute Gasteiger partial charge is 0.227 e. The Balaban J connectivity index is 0.00000242. The quantitative estimate of drug-likeness (QED) is 0.867. The molecule has 1 aromatic carbocycles. The van der Waals surface area contributed by atoms with Crippen LogP contribution in [0.2, 0.25) is 0 Å². The SMILES string of the molecule is CC(C)(CN)C(=O)NCc1ccc(N2CCCC2=O)cc1.Cl. The van der Waals surface area contributed by atoms with E-state index in [-0.39, 0.29) is 24.2 Å². The normalized spacial score (nSPS) is 14.7. The van der Waals surface area contributed by atoms with Gasteiger partial charge in [0.25, 0.3) is 0 Å². The second kappa shape index (κ2) is 7.61. The van der Waals surface area contributed by atoms with Crippen molar-refractivity contribution in [1.82, 2.24) is 5.32 Å². The van der Waals surface area contributed by atoms with Crippen molar-refractivity contribution in [2.45, 2.75) is 33.2 Å². The molecular weight excluding hydrogens is 302 g/mol. The van der Waals surface area contributed by atoms with Crippen molar-refractivity contribution in [3.63, 3.8) is 0 Å². The first-order valence-corrected chi connectivity index (χ1v) is 7.32. The Morgan fingerprint density at radius 2 is 1.95 bits per heavy atom. The van der Waals surface area contributed by atoms with Crippen molar-refractivity contribution < 1.29 is 9.59 Å². The van der Waals surface area contributed by atoms with Crippen molar-refractivity contribution in [3.8, 4) is 0 Å². The first kappa shape index (κ1) is 18.5. The first-order valence-electron chi connectivity index (χ1n) is 7.32. The van der Waals surface area contributed by atoms with Crippen molar-refractivity contribution >= 4 is 29.9 Å². The summed E-state index contributed by atoms with van der Waals surface area (Å²) in [4.78, 5) is 25.4. The fourth-order valence-electron chi connectivity index (χ4n) is 2.23. The van der Waals surface area contributed by atoms with E-state index in [1.54, 1.807) is 4.90 Å². The van der Waals surface area contributed by atoms with Crippen LogP contribution in [-0.2, 0) is 16.1 Å². The molecule has 0 saturated carbocycles. The van der Waals surface area contributed by atoms with E-state index in [0.717, 1.165) is 24.2 Å². The van der Waals surface area contributed by atoms with Gasteiger partial charge in [-0.25, -0.2) is 0 Å². The van der Waals surface area contributed by atoms with Crippen molar-refractivity contribution in [1.29, 1.82) is 0 Å². The summed E-state index contributed by atoms with van der Waals surface area (Å²) in [5, 5.41) is 2.89. The highest BCUT2D eigenvalue weighted by atomic mass is 35.5. The maximum Gasteiger partial charge on any atom is 0.227 e. The van der Waals surface area contributed by atoms with Gasteiger partial charge in [-0.1, -0.05) is 12.1 Å². The van der Waals surface area contributed by atoms with Crippen LogP contribution in [0.3, 0.4) is 0 Å². The highest BCUT2D eigenvalue weighted by Gasteiger charge is 2.25. The second-order valence-electron chi connectivity index (χ2n) is 6.09. The second-order valence-corrected chi connectivity index (χ2v) is 6.09. The summed E-state index contributed by atoms with van der Waals surface area (Å²) in [5.41, 5.74) is 6.96. The maximum atomic E-state index is 11.9. The number of carbonyl (C=O) groups excluding carboxylic acids is 2. The number of nitrogens with two attached hydrogens (primary N) is 1. The highest BCUT2D eigenvalue weighted by molar-refractivity contribution is 5.95. The molecule has 1 fully saturated rings. The predicted octanol–water partition coefficient (Wildman–Crippen LogP) is 1.84. The largest absolute Gasteiger partial charge is 0.352 e. The molecule has 2 rings (SSSR count). The third-order valence-corrected chi connectivity index (χ3v) is 3.90. The molecule has 0 spiro atoms. The van der Waals surface area contributed by atoms with E-state index < -0.39 is 5.41 Å². The summed E-state index contributed by atoms with van der Waals surface area (Å²) in [6.07, 6.45) is 1.55. The summed E-state index contributed by atoms with van der Waals surface area (Å²) in [5.74, 6) is 0.129. The number of amides is 2. The lowest BCUT2D eigenvalue weighted by molar-refractivity contribution is -0.129. The molecule has 1 aliphatic rings. The Labute approximate surface area is 137 Å². The number of carbonyl (C=O) groups is 2. The molecule has 3 N–H and O–H groups in total. The zero-order valence-electron chi connectivity index (χ0n) is 13.1. The first-order chi connectivity index (χ1) is 9.94. The zero-order chi connectivity index (χ0) is 15.5. The van der Waals surface area contributed by atoms with E-state index in [2.05, 4.69) is 5.32 Å². The average Bonchev–Trinajstić information content (AvgIpc) is 2.91. The Morgan fingerprint density at radius 1 is 1.32 bits per heavy atom. The number of nitrogens with zero attached hydrogens (tertiary/aromatic N) is 1. The van der Waals surface area contributed by atoms with Crippen molar-refractivity contribution in [2.75, 3.05) is 18.0 Å². The number of rotatable bonds is 5. The summed E-state index contributed by atoms with van der Waals surface area (Å²) < 4.78 is 0. The Hall–Kier alpha value is -1.59. The number of hydrogen-bond acceptors (Lipinski definition) is 3. The number of halogens is 1. The average molecular weight is 326 g/mol. The molecule has 6 heteroatoms. The monoisotopic (exact) mass is 325 g/mol. The van der Waals surface area contributed by atoms with Gasteiger partial charge in [0.1, 0.15) is 0 Å². The van der Waals surface area contributed by atoms with E-state index in [1.165, 1.54) is 0 Å². The maximum absolute atomic E-state index is 11.9. The molecule has 5 nitrogen and oxygen atoms in total. The highest BCUT2D eigenvalue weighted by Crippen LogP contribution is 2.21. The summed E-state index contributed by atoms with van der Waals surface area (Å²) in [6.45, 7) is 5.22. The van der Waals surface area contributed by atoms with Gasteiger partial charge in [0.05, 0.1) is 5.41 Å². The van der Waals surface area contributed by atoms with Crippen molar-refractivity contribution in [2.24, 2.45) is 11.1 Å². The van der Waals surface area contributed by atoms with Gasteiger partial charge >= 0.3 is 0 Å². The molecule has 22 heavy (non-hydrogen) atoms. The Bertz CT molecular complexity index is 529. The summed E-state index contributed by atoms with van der Waals surface area (Å²) >= 11 is 0. The van der Waals surface area contributed by atoms with Crippen LogP contribution in [0.15, 0.2) is 24.3 Å². The Kier molecular flexibility index (Phi) is 6.38. The van der Waals surface area contributed by atoms with E-state index in [1.807, 2.05) is 38.1 Å². The van der Waals surface area contributed by atoms with E-state index in [0.29, 0.717) is 19.5 Å². The van der Waals surface area contributed by atoms with Crippen LogP contribution in [0, 0.1) is 5.41 Å². The molecule has 1 heterocycles. The third kappa shape index (κ3) is 4.21. The topological polar surface area (TPSA) is 75.4 Å². The molecule has 0 aliphatic carbocycles. The summed E-state index contributed by atoms with van der Waals surface area (Å²) in [7, 11) is 0. The minimum atomic E-state index is -0.554. The van der Waals surface area contributed by atoms with Crippen LogP contribution >= 0.6 is 12.4 Å². The zero-order valence-corrected chi connectivity index (χ0v) is 13.9. The molecule has 0 atom stereocenters. The van der Waals surface area contributed by atoms with Crippen LogP contribution in [0.5, 0.6) is 0 Å². The lowest BCUT2D eigenvalue weighted by atomic mass is 9.92. The standard InChI is InChI=1S/C16H23N3O2.ClH/c1-16(2,11-17)15(21)18-10-12-5-7-13(8-6-12)19-9-3-4-14(19)20;/h5-8H,3-4,9-11,17H2,1-2H3,(H,18,21);1H. The molecule has 0 radical (unpaired) electrons. The van der Waals surface area contributed by atoms with Gasteiger partial charge in [-0.05, 0) is 38.0 Å². The molecule has 1 aliphatic heterocycles. The number of hydrogen-bond donors (Lipinski definition) is 2. The lowest BCUT2D eigenvalue weighted by Crippen LogP contribution is -2.41. The van der Waals surface area contributed by atoms with E-state index in [9.17, 15) is 9.59 Å². The molecule has 0 aromatic heterocycles. The number of anilines is 1. The minimum absolute atomic E-state index is 0. The van der Waals surface area contributed by atoms with Crippen LogP contribution in [-0.4, -0.2) is 24.9 Å². The molecule has 1 aromatic rings. The minimum Gasteiger partial charge on any atom is -0.352 e. The van der Waals surface area contributed by atoms with Crippen LogP contribution in [0.1, 0.15) is 32.3 Å². The van der Waals surface area contributed by atoms with Crippen LogP contribution < -0.4 is 16.0 Å². The van der Waals surface area contributed by atoms with Gasteiger partial charge in [0.2, 0.25) is 11.8 Å². The van der Waals surface area contributed by atoms with Gasteiger partial charge in [0.15, 0.2) is 0 Å². The molecule has 0 bridgehead atoms.